The van der Waals surface area contributed by atoms with Crippen molar-refractivity contribution in [1.29, 1.82) is 0 Å². The van der Waals surface area contributed by atoms with Crippen molar-refractivity contribution < 1.29 is 0 Å². The third-order valence-electron chi connectivity index (χ3n) is 1.97. The zero-order valence-electron chi connectivity index (χ0n) is 9.10. The monoisotopic (exact) mass is 202 g/mol. The quantitative estimate of drug-likeness (QED) is 0.526. The molecule has 0 bridgehead atoms. The van der Waals surface area contributed by atoms with Crippen molar-refractivity contribution in [2.75, 3.05) is 19.6 Å². The van der Waals surface area contributed by atoms with E-state index in [1.807, 2.05) is 0 Å². The minimum Gasteiger partial charge on any atom is -0.363 e. The van der Waals surface area contributed by atoms with E-state index in [2.05, 4.69) is 31.0 Å². The van der Waals surface area contributed by atoms with Crippen molar-refractivity contribution in [2.45, 2.75) is 40.0 Å². The highest BCUT2D eigenvalue weighted by molar-refractivity contribution is 7.80. The lowest BCUT2D eigenvalue weighted by Crippen LogP contribution is -2.40. The van der Waals surface area contributed by atoms with E-state index >= 15 is 0 Å². The van der Waals surface area contributed by atoms with E-state index in [1.165, 1.54) is 12.8 Å². The first kappa shape index (κ1) is 12.7. The molecule has 0 aliphatic heterocycles. The molecule has 0 unspecified atom stereocenters. The molecule has 78 valence electrons. The summed E-state index contributed by atoms with van der Waals surface area (Å²) >= 11 is 5.27. The van der Waals surface area contributed by atoms with Gasteiger partial charge >= 0.3 is 0 Å². The molecule has 1 N–H and O–H groups in total. The standard InChI is InChI=1S/C10H22N2S/c1-4-7-8-11-10(13)12(6-3)9-5-2/h4-9H2,1-3H3,(H,11,13). The van der Waals surface area contributed by atoms with E-state index < -0.39 is 0 Å². The number of unbranched alkanes of at least 4 members (excludes halogenated alkanes) is 1. The van der Waals surface area contributed by atoms with Gasteiger partial charge in [-0.1, -0.05) is 20.3 Å². The Bertz CT molecular complexity index is 137. The Morgan fingerprint density at radius 2 is 1.92 bits per heavy atom. The molecule has 13 heavy (non-hydrogen) atoms. The Kier molecular flexibility index (Phi) is 8.10. The van der Waals surface area contributed by atoms with Gasteiger partial charge in [-0.25, -0.2) is 0 Å². The molecule has 0 radical (unpaired) electrons. The molecule has 0 spiro atoms. The van der Waals surface area contributed by atoms with Crippen LogP contribution in [0, 0.1) is 0 Å². The van der Waals surface area contributed by atoms with Crippen LogP contribution in [0.5, 0.6) is 0 Å². The summed E-state index contributed by atoms with van der Waals surface area (Å²) in [6.45, 7) is 9.59. The maximum atomic E-state index is 5.27. The molecular formula is C10H22N2S. The Morgan fingerprint density at radius 1 is 1.23 bits per heavy atom. The molecule has 0 aliphatic carbocycles. The highest BCUT2D eigenvalue weighted by Gasteiger charge is 2.03. The lowest BCUT2D eigenvalue weighted by atomic mass is 10.3. The predicted octanol–water partition coefficient (Wildman–Crippen LogP) is 2.39. The van der Waals surface area contributed by atoms with Crippen LogP contribution in [-0.4, -0.2) is 29.6 Å². The van der Waals surface area contributed by atoms with Crippen molar-refractivity contribution in [3.63, 3.8) is 0 Å². The molecule has 0 aromatic carbocycles. The fourth-order valence-electron chi connectivity index (χ4n) is 1.16. The van der Waals surface area contributed by atoms with Crippen LogP contribution in [0.3, 0.4) is 0 Å². The third-order valence-corrected chi connectivity index (χ3v) is 2.37. The van der Waals surface area contributed by atoms with Crippen molar-refractivity contribution in [3.05, 3.63) is 0 Å². The lowest BCUT2D eigenvalue weighted by molar-refractivity contribution is 0.431. The van der Waals surface area contributed by atoms with Gasteiger partial charge in [-0.15, -0.1) is 0 Å². The van der Waals surface area contributed by atoms with Gasteiger partial charge in [0, 0.05) is 19.6 Å². The Balaban J connectivity index is 3.64. The molecule has 2 nitrogen and oxygen atoms in total. The van der Waals surface area contributed by atoms with Crippen LogP contribution < -0.4 is 5.32 Å². The van der Waals surface area contributed by atoms with E-state index in [0.717, 1.165) is 31.2 Å². The lowest BCUT2D eigenvalue weighted by Gasteiger charge is -2.23. The average molecular weight is 202 g/mol. The van der Waals surface area contributed by atoms with E-state index in [1.54, 1.807) is 0 Å². The maximum absolute atomic E-state index is 5.27. The molecule has 0 atom stereocenters. The average Bonchev–Trinajstić information content (AvgIpc) is 2.14. The van der Waals surface area contributed by atoms with Crippen molar-refractivity contribution >= 4 is 17.3 Å². The fourth-order valence-corrected chi connectivity index (χ4v) is 1.48. The molecule has 0 heterocycles. The fraction of sp³-hybridized carbons (Fsp3) is 0.900. The molecule has 0 aliphatic rings. The van der Waals surface area contributed by atoms with Gasteiger partial charge in [0.2, 0.25) is 0 Å². The number of hydrogen-bond acceptors (Lipinski definition) is 1. The number of nitrogens with one attached hydrogen (secondary N) is 1. The van der Waals surface area contributed by atoms with Crippen LogP contribution >= 0.6 is 12.2 Å². The summed E-state index contributed by atoms with van der Waals surface area (Å²) in [6, 6.07) is 0. The van der Waals surface area contributed by atoms with Gasteiger partial charge in [0.1, 0.15) is 0 Å². The third kappa shape index (κ3) is 5.86. The highest BCUT2D eigenvalue weighted by atomic mass is 32.1. The first-order valence-electron chi connectivity index (χ1n) is 5.29. The van der Waals surface area contributed by atoms with Crippen molar-refractivity contribution in [1.82, 2.24) is 10.2 Å². The summed E-state index contributed by atoms with van der Waals surface area (Å²) < 4.78 is 0. The Labute approximate surface area is 87.7 Å². The minimum absolute atomic E-state index is 0.915. The van der Waals surface area contributed by atoms with Gasteiger partial charge in [-0.05, 0) is 32.0 Å². The molecule has 0 aromatic rings. The van der Waals surface area contributed by atoms with Gasteiger partial charge in [-0.3, -0.25) is 0 Å². The first-order chi connectivity index (χ1) is 6.26. The van der Waals surface area contributed by atoms with Crippen molar-refractivity contribution in [2.24, 2.45) is 0 Å². The number of hydrogen-bond donors (Lipinski definition) is 1. The smallest absolute Gasteiger partial charge is 0.168 e. The van der Waals surface area contributed by atoms with Gasteiger partial charge < -0.3 is 10.2 Å². The van der Waals surface area contributed by atoms with Crippen LogP contribution in [0.4, 0.5) is 0 Å². The molecular weight excluding hydrogens is 180 g/mol. The Hall–Kier alpha value is -0.310. The highest BCUT2D eigenvalue weighted by Crippen LogP contribution is 1.93. The van der Waals surface area contributed by atoms with Crippen LogP contribution in [0.1, 0.15) is 40.0 Å². The van der Waals surface area contributed by atoms with E-state index in [4.69, 9.17) is 12.2 Å². The summed E-state index contributed by atoms with van der Waals surface area (Å²) in [4.78, 5) is 2.21. The molecule has 0 saturated heterocycles. The normalized spacial score (nSPS) is 9.77. The summed E-state index contributed by atoms with van der Waals surface area (Å²) in [7, 11) is 0. The van der Waals surface area contributed by atoms with Gasteiger partial charge in [0.25, 0.3) is 0 Å². The number of nitrogens with zero attached hydrogens (tertiary/aromatic N) is 1. The van der Waals surface area contributed by atoms with Crippen LogP contribution in [-0.2, 0) is 0 Å². The predicted molar refractivity (Wildman–Crippen MR) is 63.0 cm³/mol. The van der Waals surface area contributed by atoms with E-state index in [0.29, 0.717) is 0 Å². The summed E-state index contributed by atoms with van der Waals surface area (Å²) in [6.07, 6.45) is 3.57. The van der Waals surface area contributed by atoms with Crippen LogP contribution in [0.2, 0.25) is 0 Å². The summed E-state index contributed by atoms with van der Waals surface area (Å²) in [5.74, 6) is 0. The second kappa shape index (κ2) is 8.30. The SMILES string of the molecule is CCCCNC(=S)N(CC)CCC. The topological polar surface area (TPSA) is 15.3 Å². The molecule has 0 aromatic heterocycles. The second-order valence-electron chi connectivity index (χ2n) is 3.17. The first-order valence-corrected chi connectivity index (χ1v) is 5.69. The van der Waals surface area contributed by atoms with Crippen molar-refractivity contribution in [3.8, 4) is 0 Å². The van der Waals surface area contributed by atoms with Crippen LogP contribution in [0.15, 0.2) is 0 Å². The minimum atomic E-state index is 0.915. The molecule has 0 amide bonds. The Morgan fingerprint density at radius 3 is 2.38 bits per heavy atom. The van der Waals surface area contributed by atoms with Gasteiger partial charge in [0.05, 0.1) is 0 Å². The second-order valence-corrected chi connectivity index (χ2v) is 3.55. The number of thiocarbonyl (C=S) groups is 1. The van der Waals surface area contributed by atoms with Gasteiger partial charge in [0.15, 0.2) is 5.11 Å². The molecule has 0 saturated carbocycles. The summed E-state index contributed by atoms with van der Waals surface area (Å²) in [5.41, 5.74) is 0. The number of rotatable bonds is 6. The molecule has 0 rings (SSSR count). The largest absolute Gasteiger partial charge is 0.363 e. The van der Waals surface area contributed by atoms with E-state index in [-0.39, 0.29) is 0 Å². The van der Waals surface area contributed by atoms with Gasteiger partial charge in [-0.2, -0.15) is 0 Å². The molecule has 0 fully saturated rings. The maximum Gasteiger partial charge on any atom is 0.168 e. The zero-order chi connectivity index (χ0) is 10.1. The van der Waals surface area contributed by atoms with E-state index in [9.17, 15) is 0 Å². The molecule has 3 heteroatoms. The zero-order valence-corrected chi connectivity index (χ0v) is 9.91. The summed E-state index contributed by atoms with van der Waals surface area (Å²) in [5, 5.41) is 4.19. The van der Waals surface area contributed by atoms with Crippen LogP contribution in [0.25, 0.3) is 0 Å².